The predicted molar refractivity (Wildman–Crippen MR) is 71.4 cm³/mol. The highest BCUT2D eigenvalue weighted by Gasteiger charge is 2.19. The quantitative estimate of drug-likeness (QED) is 0.804. The van der Waals surface area contributed by atoms with Crippen LogP contribution in [-0.2, 0) is 0 Å². The molecular weight excluding hydrogens is 228 g/mol. The smallest absolute Gasteiger partial charge is 0.129 e. The first-order valence-corrected chi connectivity index (χ1v) is 6.39. The van der Waals surface area contributed by atoms with Crippen molar-refractivity contribution < 1.29 is 0 Å². The molecule has 0 radical (unpaired) electrons. The van der Waals surface area contributed by atoms with Crippen molar-refractivity contribution in [3.05, 3.63) is 46.9 Å². The lowest BCUT2D eigenvalue weighted by atomic mass is 9.79. The summed E-state index contributed by atoms with van der Waals surface area (Å²) in [6.45, 7) is 0. The fraction of sp³-hybridized carbons (Fsp3) is 0.286. The van der Waals surface area contributed by atoms with E-state index in [2.05, 4.69) is 34.2 Å². The molecule has 1 saturated carbocycles. The van der Waals surface area contributed by atoms with Crippen molar-refractivity contribution in [2.24, 2.45) is 0 Å². The summed E-state index contributed by atoms with van der Waals surface area (Å²) in [4.78, 5) is 7.38. The molecule has 1 aliphatic carbocycles. The first-order chi connectivity index (χ1) is 8.34. The van der Waals surface area contributed by atoms with E-state index in [1.165, 1.54) is 24.8 Å². The summed E-state index contributed by atoms with van der Waals surface area (Å²) in [6.07, 6.45) is 7.51. The molecule has 0 spiro atoms. The number of nitrogens with zero attached hydrogens (tertiary/aromatic N) is 1. The van der Waals surface area contributed by atoms with Gasteiger partial charge in [0, 0.05) is 18.0 Å². The number of aromatic nitrogens is 2. The number of nitrogens with one attached hydrogen (secondary N) is 1. The zero-order valence-electron chi connectivity index (χ0n) is 9.52. The molecule has 1 aromatic heterocycles. The van der Waals surface area contributed by atoms with Crippen LogP contribution >= 0.6 is 12.2 Å². The van der Waals surface area contributed by atoms with Gasteiger partial charge in [-0.15, -0.1) is 0 Å². The summed E-state index contributed by atoms with van der Waals surface area (Å²) >= 11 is 5.27. The second kappa shape index (κ2) is 4.41. The molecule has 0 bridgehead atoms. The molecule has 1 N–H and O–H groups in total. The number of hydrogen-bond donors (Lipinski definition) is 1. The van der Waals surface area contributed by atoms with Gasteiger partial charge in [-0.1, -0.05) is 36.8 Å². The SMILES string of the molecule is S=c1[nH]ccnc1-c1cccc(C2CCC2)c1. The third kappa shape index (κ3) is 2.03. The van der Waals surface area contributed by atoms with Crippen LogP contribution in [0.15, 0.2) is 36.7 Å². The molecular formula is C14H14N2S. The van der Waals surface area contributed by atoms with Crippen LogP contribution in [-0.4, -0.2) is 9.97 Å². The van der Waals surface area contributed by atoms with Gasteiger partial charge in [-0.2, -0.15) is 0 Å². The van der Waals surface area contributed by atoms with Gasteiger partial charge in [0.2, 0.25) is 0 Å². The summed E-state index contributed by atoms with van der Waals surface area (Å²) in [5, 5.41) is 0. The third-order valence-corrected chi connectivity index (χ3v) is 3.76. The van der Waals surface area contributed by atoms with E-state index in [1.54, 1.807) is 12.4 Å². The highest BCUT2D eigenvalue weighted by molar-refractivity contribution is 7.71. The zero-order valence-corrected chi connectivity index (χ0v) is 10.3. The first kappa shape index (κ1) is 10.7. The molecule has 86 valence electrons. The topological polar surface area (TPSA) is 28.7 Å². The summed E-state index contributed by atoms with van der Waals surface area (Å²) < 4.78 is 0.707. The minimum atomic E-state index is 0.707. The van der Waals surface area contributed by atoms with Crippen LogP contribution in [0.4, 0.5) is 0 Å². The fourth-order valence-corrected chi connectivity index (χ4v) is 2.48. The van der Waals surface area contributed by atoms with E-state index in [9.17, 15) is 0 Å². The highest BCUT2D eigenvalue weighted by Crippen LogP contribution is 2.37. The molecule has 17 heavy (non-hydrogen) atoms. The van der Waals surface area contributed by atoms with Crippen LogP contribution in [0, 0.1) is 4.64 Å². The van der Waals surface area contributed by atoms with Crippen molar-refractivity contribution in [3.8, 4) is 11.3 Å². The average molecular weight is 242 g/mol. The molecule has 1 aromatic carbocycles. The largest absolute Gasteiger partial charge is 0.350 e. The number of hydrogen-bond acceptors (Lipinski definition) is 2. The fourth-order valence-electron chi connectivity index (χ4n) is 2.24. The van der Waals surface area contributed by atoms with E-state index in [0.29, 0.717) is 4.64 Å². The molecule has 0 amide bonds. The lowest BCUT2D eigenvalue weighted by molar-refractivity contribution is 0.420. The van der Waals surface area contributed by atoms with Crippen molar-refractivity contribution in [1.82, 2.24) is 9.97 Å². The zero-order chi connectivity index (χ0) is 11.7. The molecule has 0 saturated heterocycles. The minimum Gasteiger partial charge on any atom is -0.350 e. The van der Waals surface area contributed by atoms with Gasteiger partial charge in [0.1, 0.15) is 10.3 Å². The van der Waals surface area contributed by atoms with E-state index in [-0.39, 0.29) is 0 Å². The van der Waals surface area contributed by atoms with Crippen molar-refractivity contribution in [1.29, 1.82) is 0 Å². The van der Waals surface area contributed by atoms with Crippen LogP contribution in [0.3, 0.4) is 0 Å². The Labute approximate surface area is 106 Å². The first-order valence-electron chi connectivity index (χ1n) is 5.98. The second-order valence-corrected chi connectivity index (χ2v) is 4.93. The Bertz CT molecular complexity index is 585. The van der Waals surface area contributed by atoms with Crippen LogP contribution in [0.2, 0.25) is 0 Å². The molecule has 1 fully saturated rings. The molecule has 2 aromatic rings. The lowest BCUT2D eigenvalue weighted by Gasteiger charge is -2.26. The van der Waals surface area contributed by atoms with Gasteiger partial charge in [0.05, 0.1) is 0 Å². The van der Waals surface area contributed by atoms with E-state index in [0.717, 1.165) is 17.2 Å². The maximum Gasteiger partial charge on any atom is 0.129 e. The van der Waals surface area contributed by atoms with Gasteiger partial charge in [0.15, 0.2) is 0 Å². The highest BCUT2D eigenvalue weighted by atomic mass is 32.1. The molecule has 2 nitrogen and oxygen atoms in total. The number of H-pyrrole nitrogens is 1. The molecule has 1 heterocycles. The molecule has 0 atom stereocenters. The van der Waals surface area contributed by atoms with Gasteiger partial charge < -0.3 is 4.98 Å². The Morgan fingerprint density at radius 3 is 2.88 bits per heavy atom. The Balaban J connectivity index is 2.03. The van der Waals surface area contributed by atoms with E-state index in [1.807, 2.05) is 0 Å². The number of aromatic amines is 1. The van der Waals surface area contributed by atoms with E-state index < -0.39 is 0 Å². The Kier molecular flexibility index (Phi) is 2.77. The number of rotatable bonds is 2. The monoisotopic (exact) mass is 242 g/mol. The molecule has 0 aliphatic heterocycles. The van der Waals surface area contributed by atoms with Gasteiger partial charge >= 0.3 is 0 Å². The Morgan fingerprint density at radius 1 is 1.29 bits per heavy atom. The number of benzene rings is 1. The van der Waals surface area contributed by atoms with Crippen LogP contribution in [0.1, 0.15) is 30.7 Å². The van der Waals surface area contributed by atoms with Crippen LogP contribution < -0.4 is 0 Å². The van der Waals surface area contributed by atoms with Crippen molar-refractivity contribution >= 4 is 12.2 Å². The van der Waals surface area contributed by atoms with Crippen molar-refractivity contribution in [3.63, 3.8) is 0 Å². The van der Waals surface area contributed by atoms with Crippen LogP contribution in [0.25, 0.3) is 11.3 Å². The molecule has 0 unspecified atom stereocenters. The Hall–Kier alpha value is -1.48. The molecule has 3 heteroatoms. The van der Waals surface area contributed by atoms with Gasteiger partial charge in [-0.25, -0.2) is 0 Å². The summed E-state index contributed by atoms with van der Waals surface area (Å²) in [6, 6.07) is 8.62. The van der Waals surface area contributed by atoms with Gasteiger partial charge in [0.25, 0.3) is 0 Å². The molecule has 3 rings (SSSR count). The third-order valence-electron chi connectivity index (χ3n) is 3.44. The summed E-state index contributed by atoms with van der Waals surface area (Å²) in [7, 11) is 0. The maximum atomic E-state index is 5.27. The van der Waals surface area contributed by atoms with Gasteiger partial charge in [-0.05, 0) is 30.4 Å². The standard InChI is InChI=1S/C14H14N2S/c17-14-13(15-7-8-16-14)12-6-2-5-11(9-12)10-3-1-4-10/h2,5-10H,1,3-4H2,(H,16,17). The summed E-state index contributed by atoms with van der Waals surface area (Å²) in [5.74, 6) is 0.746. The lowest BCUT2D eigenvalue weighted by Crippen LogP contribution is -2.08. The van der Waals surface area contributed by atoms with Crippen LogP contribution in [0.5, 0.6) is 0 Å². The van der Waals surface area contributed by atoms with E-state index in [4.69, 9.17) is 12.2 Å². The normalized spacial score (nSPS) is 15.5. The summed E-state index contributed by atoms with van der Waals surface area (Å²) in [5.41, 5.74) is 3.42. The van der Waals surface area contributed by atoms with Gasteiger partial charge in [-0.3, -0.25) is 4.98 Å². The predicted octanol–water partition coefficient (Wildman–Crippen LogP) is 4.07. The maximum absolute atomic E-state index is 5.27. The Morgan fingerprint density at radius 2 is 2.18 bits per heavy atom. The second-order valence-electron chi connectivity index (χ2n) is 4.52. The van der Waals surface area contributed by atoms with Crippen molar-refractivity contribution in [2.75, 3.05) is 0 Å². The van der Waals surface area contributed by atoms with E-state index >= 15 is 0 Å². The average Bonchev–Trinajstić information content (AvgIpc) is 2.28. The minimum absolute atomic E-state index is 0.707. The van der Waals surface area contributed by atoms with Crippen molar-refractivity contribution in [2.45, 2.75) is 25.2 Å². The molecule has 1 aliphatic rings.